The lowest BCUT2D eigenvalue weighted by molar-refractivity contribution is 0.278. The van der Waals surface area contributed by atoms with Crippen molar-refractivity contribution in [2.24, 2.45) is 0 Å². The zero-order valence-electron chi connectivity index (χ0n) is 12.8. The van der Waals surface area contributed by atoms with Crippen molar-refractivity contribution < 1.29 is 14.3 Å². The zero-order chi connectivity index (χ0) is 15.3. The highest BCUT2D eigenvalue weighted by molar-refractivity contribution is 5.31. The lowest BCUT2D eigenvalue weighted by Gasteiger charge is -2.19. The largest absolute Gasteiger partial charge is 0.493 e. The minimum atomic E-state index is 0.0122. The lowest BCUT2D eigenvalue weighted by Crippen LogP contribution is -2.10. The number of ether oxygens (including phenoxy) is 1. The van der Waals surface area contributed by atoms with E-state index in [1.807, 2.05) is 12.1 Å². The van der Waals surface area contributed by atoms with Gasteiger partial charge in [-0.1, -0.05) is 32.9 Å². The van der Waals surface area contributed by atoms with Gasteiger partial charge in [-0.25, -0.2) is 0 Å². The number of hydrogen-bond donors (Lipinski definition) is 1. The van der Waals surface area contributed by atoms with E-state index in [-0.39, 0.29) is 12.0 Å². The third kappa shape index (κ3) is 4.56. The first-order chi connectivity index (χ1) is 9.99. The van der Waals surface area contributed by atoms with Crippen LogP contribution >= 0.6 is 0 Å². The van der Waals surface area contributed by atoms with E-state index in [1.165, 1.54) is 5.56 Å². The van der Waals surface area contributed by atoms with E-state index in [2.05, 4.69) is 43.1 Å². The summed E-state index contributed by atoms with van der Waals surface area (Å²) in [5.41, 5.74) is 1.42. The minimum absolute atomic E-state index is 0.0122. The molecule has 0 spiro atoms. The molecule has 0 amide bonds. The van der Waals surface area contributed by atoms with Crippen molar-refractivity contribution in [3.05, 3.63) is 41.6 Å². The monoisotopic (exact) mass is 290 g/mol. The summed E-state index contributed by atoms with van der Waals surface area (Å²) in [7, 11) is 0. The van der Waals surface area contributed by atoms with Gasteiger partial charge in [0.25, 0.3) is 0 Å². The molecule has 5 nitrogen and oxygen atoms in total. The summed E-state index contributed by atoms with van der Waals surface area (Å²) in [6, 6.07) is 8.12. The van der Waals surface area contributed by atoms with E-state index < -0.39 is 0 Å². The van der Waals surface area contributed by atoms with Crippen molar-refractivity contribution in [3.8, 4) is 5.75 Å². The Balaban J connectivity index is 1.82. The molecular formula is C16H22N2O3. The molecule has 0 bridgehead atoms. The predicted octanol–water partition coefficient (Wildman–Crippen LogP) is 2.52. The number of aliphatic hydroxyl groups is 1. The molecule has 0 saturated carbocycles. The van der Waals surface area contributed by atoms with Crippen molar-refractivity contribution in [3.63, 3.8) is 0 Å². The van der Waals surface area contributed by atoms with Crippen LogP contribution in [0.1, 0.15) is 38.1 Å². The van der Waals surface area contributed by atoms with Gasteiger partial charge in [0.2, 0.25) is 11.8 Å². The van der Waals surface area contributed by atoms with E-state index in [1.54, 1.807) is 0 Å². The topological polar surface area (TPSA) is 68.4 Å². The highest BCUT2D eigenvalue weighted by Gasteiger charge is 2.13. The molecule has 2 aromatic rings. The Bertz CT molecular complexity index is 556. The summed E-state index contributed by atoms with van der Waals surface area (Å²) in [6.45, 7) is 7.04. The third-order valence-corrected chi connectivity index (χ3v) is 3.14. The average molecular weight is 290 g/mol. The van der Waals surface area contributed by atoms with Gasteiger partial charge in [-0.15, -0.1) is 10.2 Å². The second-order valence-electron chi connectivity index (χ2n) is 5.94. The molecule has 1 heterocycles. The predicted molar refractivity (Wildman–Crippen MR) is 79.4 cm³/mol. The van der Waals surface area contributed by atoms with Crippen LogP contribution in [0.25, 0.3) is 0 Å². The molecule has 21 heavy (non-hydrogen) atoms. The fraction of sp³-hybridized carbons (Fsp3) is 0.500. The molecule has 0 radical (unpaired) electrons. The van der Waals surface area contributed by atoms with Crippen LogP contribution in [0, 0.1) is 0 Å². The number of nitrogens with zero attached hydrogens (tertiary/aromatic N) is 2. The standard InChI is InChI=1S/C16H22N2O3/c1-16(2,3)12-4-6-13(7-5-12)20-11-9-15-18-17-14(21-15)8-10-19/h4-7,19H,8-11H2,1-3H3. The summed E-state index contributed by atoms with van der Waals surface area (Å²) in [5, 5.41) is 16.5. The number of hydrogen-bond acceptors (Lipinski definition) is 5. The minimum Gasteiger partial charge on any atom is -0.493 e. The Hall–Kier alpha value is -1.88. The molecule has 0 fully saturated rings. The van der Waals surface area contributed by atoms with Crippen LogP contribution in [-0.4, -0.2) is 28.5 Å². The highest BCUT2D eigenvalue weighted by atomic mass is 16.5. The SMILES string of the molecule is CC(C)(C)c1ccc(OCCc2nnc(CCO)o2)cc1. The van der Waals surface area contributed by atoms with E-state index in [0.717, 1.165) is 5.75 Å². The van der Waals surface area contributed by atoms with Gasteiger partial charge in [-0.05, 0) is 23.1 Å². The average Bonchev–Trinajstić information content (AvgIpc) is 2.86. The zero-order valence-corrected chi connectivity index (χ0v) is 12.8. The van der Waals surface area contributed by atoms with Crippen molar-refractivity contribution in [2.45, 2.75) is 39.0 Å². The first kappa shape index (κ1) is 15.5. The van der Waals surface area contributed by atoms with Crippen LogP contribution < -0.4 is 4.74 Å². The molecule has 1 aromatic heterocycles. The van der Waals surface area contributed by atoms with Crippen molar-refractivity contribution in [2.75, 3.05) is 13.2 Å². The fourth-order valence-corrected chi connectivity index (χ4v) is 1.89. The normalized spacial score (nSPS) is 11.6. The van der Waals surface area contributed by atoms with Gasteiger partial charge in [-0.3, -0.25) is 0 Å². The van der Waals surface area contributed by atoms with Crippen molar-refractivity contribution >= 4 is 0 Å². The van der Waals surface area contributed by atoms with E-state index >= 15 is 0 Å². The van der Waals surface area contributed by atoms with Gasteiger partial charge >= 0.3 is 0 Å². The molecule has 0 aliphatic heterocycles. The van der Waals surface area contributed by atoms with Gasteiger partial charge < -0.3 is 14.3 Å². The summed E-state index contributed by atoms with van der Waals surface area (Å²) in [5.74, 6) is 1.82. The molecule has 0 atom stereocenters. The summed E-state index contributed by atoms with van der Waals surface area (Å²) in [4.78, 5) is 0. The van der Waals surface area contributed by atoms with Crippen molar-refractivity contribution in [1.29, 1.82) is 0 Å². The van der Waals surface area contributed by atoms with Crippen LogP contribution in [0.2, 0.25) is 0 Å². The highest BCUT2D eigenvalue weighted by Crippen LogP contribution is 2.24. The van der Waals surface area contributed by atoms with E-state index in [4.69, 9.17) is 14.3 Å². The van der Waals surface area contributed by atoms with Crippen LogP contribution in [0.4, 0.5) is 0 Å². The molecule has 0 unspecified atom stereocenters. The fourth-order valence-electron chi connectivity index (χ4n) is 1.89. The van der Waals surface area contributed by atoms with Crippen LogP contribution in [0.3, 0.4) is 0 Å². The van der Waals surface area contributed by atoms with Gasteiger partial charge in [0.1, 0.15) is 5.75 Å². The Morgan fingerprint density at radius 1 is 1.05 bits per heavy atom. The van der Waals surface area contributed by atoms with Gasteiger partial charge in [0.05, 0.1) is 19.6 Å². The van der Waals surface area contributed by atoms with Crippen LogP contribution in [-0.2, 0) is 18.3 Å². The van der Waals surface area contributed by atoms with E-state index in [0.29, 0.717) is 31.2 Å². The number of benzene rings is 1. The van der Waals surface area contributed by atoms with Crippen molar-refractivity contribution in [1.82, 2.24) is 10.2 Å². The maximum Gasteiger partial charge on any atom is 0.219 e. The second-order valence-corrected chi connectivity index (χ2v) is 5.94. The Kier molecular flexibility index (Phi) is 4.96. The number of rotatable bonds is 6. The quantitative estimate of drug-likeness (QED) is 0.885. The molecule has 0 saturated heterocycles. The Morgan fingerprint density at radius 2 is 1.67 bits per heavy atom. The summed E-state index contributed by atoms with van der Waals surface area (Å²) < 4.78 is 11.0. The van der Waals surface area contributed by atoms with Gasteiger partial charge in [0, 0.05) is 6.42 Å². The number of aromatic nitrogens is 2. The molecule has 0 aliphatic rings. The Labute approximate surface area is 125 Å². The second kappa shape index (κ2) is 6.72. The number of aliphatic hydroxyl groups excluding tert-OH is 1. The maximum absolute atomic E-state index is 8.78. The molecule has 0 aliphatic carbocycles. The lowest BCUT2D eigenvalue weighted by atomic mass is 9.87. The smallest absolute Gasteiger partial charge is 0.219 e. The van der Waals surface area contributed by atoms with Crippen LogP contribution in [0.5, 0.6) is 5.75 Å². The van der Waals surface area contributed by atoms with Gasteiger partial charge in [0.15, 0.2) is 0 Å². The molecular weight excluding hydrogens is 268 g/mol. The third-order valence-electron chi connectivity index (χ3n) is 3.14. The summed E-state index contributed by atoms with van der Waals surface area (Å²) >= 11 is 0. The first-order valence-corrected chi connectivity index (χ1v) is 7.14. The maximum atomic E-state index is 8.78. The molecule has 2 rings (SSSR count). The van der Waals surface area contributed by atoms with E-state index in [9.17, 15) is 0 Å². The summed E-state index contributed by atoms with van der Waals surface area (Å²) in [6.07, 6.45) is 0.946. The molecule has 1 N–H and O–H groups in total. The van der Waals surface area contributed by atoms with Gasteiger partial charge in [-0.2, -0.15) is 0 Å². The molecule has 5 heteroatoms. The molecule has 114 valence electrons. The first-order valence-electron chi connectivity index (χ1n) is 7.14. The molecule has 1 aromatic carbocycles. The van der Waals surface area contributed by atoms with Crippen LogP contribution in [0.15, 0.2) is 28.7 Å². The Morgan fingerprint density at radius 3 is 2.24 bits per heavy atom.